The minimum Gasteiger partial charge on any atom is -0.408 e. The summed E-state index contributed by atoms with van der Waals surface area (Å²) in [5, 5.41) is 0. The SMILES string of the molecule is CC(N)c1ccc2[nH]c(=O)oc2c1.Cl. The lowest BCUT2D eigenvalue weighted by atomic mass is 10.1. The number of benzene rings is 1. The molecule has 0 radical (unpaired) electrons. The summed E-state index contributed by atoms with van der Waals surface area (Å²) in [7, 11) is 0. The molecule has 4 nitrogen and oxygen atoms in total. The van der Waals surface area contributed by atoms with Crippen molar-refractivity contribution in [1.29, 1.82) is 0 Å². The van der Waals surface area contributed by atoms with E-state index in [1.807, 2.05) is 13.0 Å². The number of halogens is 1. The third-order valence-corrected chi connectivity index (χ3v) is 1.97. The molecule has 3 N–H and O–H groups in total. The molecule has 0 aliphatic heterocycles. The molecule has 5 heteroatoms. The van der Waals surface area contributed by atoms with Crippen molar-refractivity contribution in [1.82, 2.24) is 4.98 Å². The predicted molar refractivity (Wildman–Crippen MR) is 56.7 cm³/mol. The molecule has 1 aromatic heterocycles. The molecular weight excluding hydrogens is 204 g/mol. The second-order valence-electron chi connectivity index (χ2n) is 3.06. The Morgan fingerprint density at radius 3 is 2.86 bits per heavy atom. The zero-order valence-electron chi connectivity index (χ0n) is 7.61. The van der Waals surface area contributed by atoms with E-state index in [4.69, 9.17) is 10.2 Å². The van der Waals surface area contributed by atoms with Crippen LogP contribution in [0.5, 0.6) is 0 Å². The molecule has 0 saturated heterocycles. The maximum atomic E-state index is 10.8. The van der Waals surface area contributed by atoms with Crippen molar-refractivity contribution in [2.75, 3.05) is 0 Å². The monoisotopic (exact) mass is 214 g/mol. The van der Waals surface area contributed by atoms with Crippen LogP contribution in [0, 0.1) is 0 Å². The van der Waals surface area contributed by atoms with Crippen molar-refractivity contribution >= 4 is 23.5 Å². The molecule has 0 amide bonds. The Bertz CT molecular complexity index is 487. The van der Waals surface area contributed by atoms with Crippen LogP contribution in [0.1, 0.15) is 18.5 Å². The van der Waals surface area contributed by atoms with Gasteiger partial charge in [-0.1, -0.05) is 6.07 Å². The van der Waals surface area contributed by atoms with Gasteiger partial charge in [0.05, 0.1) is 5.52 Å². The molecule has 0 fully saturated rings. The summed E-state index contributed by atoms with van der Waals surface area (Å²) < 4.78 is 4.89. The highest BCUT2D eigenvalue weighted by atomic mass is 35.5. The summed E-state index contributed by atoms with van der Waals surface area (Å²) in [5.41, 5.74) is 7.89. The zero-order chi connectivity index (χ0) is 9.42. The van der Waals surface area contributed by atoms with Crippen LogP contribution in [-0.4, -0.2) is 4.98 Å². The van der Waals surface area contributed by atoms with E-state index in [1.54, 1.807) is 12.1 Å². The van der Waals surface area contributed by atoms with Gasteiger partial charge >= 0.3 is 5.76 Å². The van der Waals surface area contributed by atoms with Gasteiger partial charge in [0.25, 0.3) is 0 Å². The summed E-state index contributed by atoms with van der Waals surface area (Å²) in [5.74, 6) is -0.433. The summed E-state index contributed by atoms with van der Waals surface area (Å²) in [6.07, 6.45) is 0. The van der Waals surface area contributed by atoms with Crippen LogP contribution in [0.2, 0.25) is 0 Å². The lowest BCUT2D eigenvalue weighted by molar-refractivity contribution is 0.554. The fraction of sp³-hybridized carbons (Fsp3) is 0.222. The van der Waals surface area contributed by atoms with Gasteiger partial charge in [-0.25, -0.2) is 4.79 Å². The standard InChI is InChI=1S/C9H10N2O2.ClH/c1-5(10)6-2-3-7-8(4-6)13-9(12)11-7;/h2-5H,10H2,1H3,(H,11,12);1H. The van der Waals surface area contributed by atoms with Crippen molar-refractivity contribution in [3.8, 4) is 0 Å². The summed E-state index contributed by atoms with van der Waals surface area (Å²) in [6, 6.07) is 5.39. The fourth-order valence-electron chi connectivity index (χ4n) is 1.25. The topological polar surface area (TPSA) is 72.0 Å². The highest BCUT2D eigenvalue weighted by molar-refractivity contribution is 5.85. The van der Waals surface area contributed by atoms with Gasteiger partial charge < -0.3 is 10.2 Å². The molecule has 1 aromatic carbocycles. The number of rotatable bonds is 1. The maximum absolute atomic E-state index is 10.8. The van der Waals surface area contributed by atoms with Crippen molar-refractivity contribution in [2.24, 2.45) is 5.73 Å². The number of hydrogen-bond acceptors (Lipinski definition) is 3. The van der Waals surface area contributed by atoms with Gasteiger partial charge in [0.1, 0.15) is 0 Å². The van der Waals surface area contributed by atoms with Crippen molar-refractivity contribution in [3.63, 3.8) is 0 Å². The number of aromatic amines is 1. The van der Waals surface area contributed by atoms with E-state index in [9.17, 15) is 4.79 Å². The Kier molecular flexibility index (Phi) is 2.98. The molecule has 14 heavy (non-hydrogen) atoms. The summed E-state index contributed by atoms with van der Waals surface area (Å²) in [6.45, 7) is 1.88. The predicted octanol–water partition coefficient (Wildman–Crippen LogP) is 1.56. The largest absolute Gasteiger partial charge is 0.417 e. The van der Waals surface area contributed by atoms with E-state index < -0.39 is 5.76 Å². The first-order valence-corrected chi connectivity index (χ1v) is 4.05. The molecular formula is C9H11ClN2O2. The lowest BCUT2D eigenvalue weighted by Crippen LogP contribution is -2.04. The molecule has 1 unspecified atom stereocenters. The highest BCUT2D eigenvalue weighted by Crippen LogP contribution is 2.16. The first-order chi connectivity index (χ1) is 6.16. The first-order valence-electron chi connectivity index (χ1n) is 4.05. The van der Waals surface area contributed by atoms with Gasteiger partial charge in [-0.2, -0.15) is 0 Å². The molecule has 0 spiro atoms. The Labute approximate surface area is 86.5 Å². The van der Waals surface area contributed by atoms with E-state index in [0.717, 1.165) is 5.56 Å². The van der Waals surface area contributed by atoms with Gasteiger partial charge in [-0.3, -0.25) is 4.98 Å². The number of H-pyrrole nitrogens is 1. The number of fused-ring (bicyclic) bond motifs is 1. The molecule has 76 valence electrons. The van der Waals surface area contributed by atoms with Gasteiger partial charge in [0.15, 0.2) is 5.58 Å². The van der Waals surface area contributed by atoms with E-state index in [2.05, 4.69) is 4.98 Å². The van der Waals surface area contributed by atoms with E-state index in [1.165, 1.54) is 0 Å². The second kappa shape index (κ2) is 3.86. The third-order valence-electron chi connectivity index (χ3n) is 1.97. The smallest absolute Gasteiger partial charge is 0.408 e. The minimum absolute atomic E-state index is 0. The molecule has 0 saturated carbocycles. The van der Waals surface area contributed by atoms with E-state index in [0.29, 0.717) is 11.1 Å². The van der Waals surface area contributed by atoms with Crippen LogP contribution in [0.25, 0.3) is 11.1 Å². The Morgan fingerprint density at radius 1 is 1.50 bits per heavy atom. The van der Waals surface area contributed by atoms with E-state index >= 15 is 0 Å². The van der Waals surface area contributed by atoms with Gasteiger partial charge in [-0.05, 0) is 24.6 Å². The van der Waals surface area contributed by atoms with Crippen LogP contribution < -0.4 is 11.5 Å². The number of aromatic nitrogens is 1. The molecule has 1 heterocycles. The second-order valence-corrected chi connectivity index (χ2v) is 3.06. The molecule has 2 aromatic rings. The molecule has 0 aliphatic carbocycles. The minimum atomic E-state index is -0.433. The number of hydrogen-bond donors (Lipinski definition) is 2. The molecule has 2 rings (SSSR count). The zero-order valence-corrected chi connectivity index (χ0v) is 8.43. The average Bonchev–Trinajstić information content (AvgIpc) is 2.42. The molecule has 0 aliphatic rings. The van der Waals surface area contributed by atoms with E-state index in [-0.39, 0.29) is 18.4 Å². The van der Waals surface area contributed by atoms with Crippen molar-refractivity contribution < 1.29 is 4.42 Å². The lowest BCUT2D eigenvalue weighted by Gasteiger charge is -2.03. The Balaban J connectivity index is 0.000000980. The number of oxazole rings is 1. The third kappa shape index (κ3) is 1.81. The Morgan fingerprint density at radius 2 is 2.21 bits per heavy atom. The van der Waals surface area contributed by atoms with Crippen LogP contribution in [0.15, 0.2) is 27.4 Å². The maximum Gasteiger partial charge on any atom is 0.417 e. The van der Waals surface area contributed by atoms with Crippen molar-refractivity contribution in [2.45, 2.75) is 13.0 Å². The first kappa shape index (κ1) is 10.8. The van der Waals surface area contributed by atoms with Gasteiger partial charge in [0.2, 0.25) is 0 Å². The van der Waals surface area contributed by atoms with Crippen molar-refractivity contribution in [3.05, 3.63) is 34.3 Å². The van der Waals surface area contributed by atoms with Gasteiger partial charge in [0, 0.05) is 6.04 Å². The van der Waals surface area contributed by atoms with Crippen LogP contribution in [0.4, 0.5) is 0 Å². The summed E-state index contributed by atoms with van der Waals surface area (Å²) in [4.78, 5) is 13.4. The Hall–Kier alpha value is -1.26. The summed E-state index contributed by atoms with van der Waals surface area (Å²) >= 11 is 0. The van der Waals surface area contributed by atoms with Gasteiger partial charge in [-0.15, -0.1) is 12.4 Å². The fourth-order valence-corrected chi connectivity index (χ4v) is 1.25. The molecule has 1 atom stereocenters. The normalized spacial score (nSPS) is 12.4. The number of nitrogens with one attached hydrogen (secondary N) is 1. The van der Waals surface area contributed by atoms with Crippen LogP contribution >= 0.6 is 12.4 Å². The van der Waals surface area contributed by atoms with Crippen LogP contribution in [-0.2, 0) is 0 Å². The molecule has 0 bridgehead atoms. The average molecular weight is 215 g/mol. The quantitative estimate of drug-likeness (QED) is 0.757. The number of nitrogens with two attached hydrogens (primary N) is 1. The van der Waals surface area contributed by atoms with Crippen LogP contribution in [0.3, 0.4) is 0 Å². The highest BCUT2D eigenvalue weighted by Gasteiger charge is 2.04.